The first-order valence-corrected chi connectivity index (χ1v) is 5.71. The molecule has 0 saturated carbocycles. The van der Waals surface area contributed by atoms with Gasteiger partial charge in [0.05, 0.1) is 0 Å². The van der Waals surface area contributed by atoms with Gasteiger partial charge in [0.2, 0.25) is 0 Å². The van der Waals surface area contributed by atoms with Gasteiger partial charge in [-0.1, -0.05) is 13.3 Å². The van der Waals surface area contributed by atoms with E-state index >= 15 is 0 Å². The Morgan fingerprint density at radius 1 is 1.38 bits per heavy atom. The van der Waals surface area contributed by atoms with Crippen LogP contribution >= 0.6 is 0 Å². The van der Waals surface area contributed by atoms with Crippen LogP contribution in [0.25, 0.3) is 0 Å². The fourth-order valence-corrected chi connectivity index (χ4v) is 1.26. The summed E-state index contributed by atoms with van der Waals surface area (Å²) in [5.41, 5.74) is 5.69. The molecule has 0 bridgehead atoms. The zero-order valence-corrected chi connectivity index (χ0v) is 9.99. The highest BCUT2D eigenvalue weighted by molar-refractivity contribution is 5.44. The molecule has 0 aliphatic carbocycles. The highest BCUT2D eigenvalue weighted by Crippen LogP contribution is 2.09. The number of hydrogen-bond donors (Lipinski definition) is 2. The fourth-order valence-electron chi connectivity index (χ4n) is 1.26. The molecule has 1 aromatic rings. The molecule has 0 aliphatic heterocycles. The topological polar surface area (TPSA) is 73.1 Å². The van der Waals surface area contributed by atoms with E-state index < -0.39 is 0 Å². The Bertz CT molecular complexity index is 317. The molecule has 90 valence electrons. The highest BCUT2D eigenvalue weighted by Gasteiger charge is 2.02. The van der Waals surface area contributed by atoms with E-state index in [0.29, 0.717) is 24.9 Å². The van der Waals surface area contributed by atoms with Gasteiger partial charge in [0, 0.05) is 19.2 Å². The van der Waals surface area contributed by atoms with Crippen LogP contribution in [0.4, 0.5) is 11.6 Å². The van der Waals surface area contributed by atoms with E-state index in [4.69, 9.17) is 10.5 Å². The Morgan fingerprint density at radius 2 is 2.19 bits per heavy atom. The Balaban J connectivity index is 2.58. The van der Waals surface area contributed by atoms with Gasteiger partial charge >= 0.3 is 0 Å². The molecule has 0 unspecified atom stereocenters. The van der Waals surface area contributed by atoms with Gasteiger partial charge in [-0.2, -0.15) is 0 Å². The molecular weight excluding hydrogens is 204 g/mol. The van der Waals surface area contributed by atoms with Crippen LogP contribution in [0.15, 0.2) is 6.07 Å². The van der Waals surface area contributed by atoms with Crippen molar-refractivity contribution in [3.63, 3.8) is 0 Å². The van der Waals surface area contributed by atoms with Crippen molar-refractivity contribution >= 4 is 11.6 Å². The van der Waals surface area contributed by atoms with Crippen LogP contribution in [-0.2, 0) is 11.3 Å². The third-order valence-corrected chi connectivity index (χ3v) is 2.06. The summed E-state index contributed by atoms with van der Waals surface area (Å²) in [4.78, 5) is 8.42. The number of nitrogens with two attached hydrogens (primary N) is 1. The number of unbranched alkanes of at least 4 members (excludes halogenated alkanes) is 1. The highest BCUT2D eigenvalue weighted by atomic mass is 16.5. The van der Waals surface area contributed by atoms with Crippen molar-refractivity contribution in [1.29, 1.82) is 0 Å². The van der Waals surface area contributed by atoms with E-state index in [2.05, 4.69) is 22.2 Å². The van der Waals surface area contributed by atoms with Crippen LogP contribution in [-0.4, -0.2) is 23.1 Å². The molecule has 0 radical (unpaired) electrons. The van der Waals surface area contributed by atoms with Crippen LogP contribution in [0, 0.1) is 0 Å². The first kappa shape index (κ1) is 12.7. The number of nitrogens with one attached hydrogen (secondary N) is 1. The predicted octanol–water partition coefficient (Wildman–Crippen LogP) is 1.81. The maximum Gasteiger partial charge on any atom is 0.158 e. The lowest BCUT2D eigenvalue weighted by molar-refractivity contribution is 0.128. The standard InChI is InChI=1S/C11H20N4O/c1-3-5-6-13-10-7-9(12)14-11(15-10)8-16-4-2/h7H,3-6,8H2,1-2H3,(H3,12,13,14,15). The van der Waals surface area contributed by atoms with Gasteiger partial charge in [0.25, 0.3) is 0 Å². The summed E-state index contributed by atoms with van der Waals surface area (Å²) >= 11 is 0. The number of nitrogens with zero attached hydrogens (tertiary/aromatic N) is 2. The van der Waals surface area contributed by atoms with E-state index in [1.807, 2.05) is 6.92 Å². The second kappa shape index (κ2) is 7.00. The maximum absolute atomic E-state index is 5.69. The molecule has 0 spiro atoms. The molecule has 0 fully saturated rings. The van der Waals surface area contributed by atoms with E-state index in [1.165, 1.54) is 0 Å². The second-order valence-corrected chi connectivity index (χ2v) is 3.51. The van der Waals surface area contributed by atoms with Crippen LogP contribution < -0.4 is 11.1 Å². The number of hydrogen-bond acceptors (Lipinski definition) is 5. The average molecular weight is 224 g/mol. The second-order valence-electron chi connectivity index (χ2n) is 3.51. The molecular formula is C11H20N4O. The molecule has 0 saturated heterocycles. The van der Waals surface area contributed by atoms with Crippen molar-refractivity contribution in [3.8, 4) is 0 Å². The zero-order chi connectivity index (χ0) is 11.8. The molecule has 1 aromatic heterocycles. The van der Waals surface area contributed by atoms with Crippen LogP contribution in [0.2, 0.25) is 0 Å². The van der Waals surface area contributed by atoms with Crippen molar-refractivity contribution < 1.29 is 4.74 Å². The fraction of sp³-hybridized carbons (Fsp3) is 0.636. The number of aromatic nitrogens is 2. The van der Waals surface area contributed by atoms with Crippen molar-refractivity contribution in [1.82, 2.24) is 9.97 Å². The smallest absolute Gasteiger partial charge is 0.158 e. The molecule has 0 atom stereocenters. The maximum atomic E-state index is 5.69. The normalized spacial score (nSPS) is 10.4. The van der Waals surface area contributed by atoms with Crippen molar-refractivity contribution in [2.45, 2.75) is 33.3 Å². The number of nitrogen functional groups attached to an aromatic ring is 1. The lowest BCUT2D eigenvalue weighted by Crippen LogP contribution is -2.08. The third kappa shape index (κ3) is 4.44. The van der Waals surface area contributed by atoms with Gasteiger partial charge < -0.3 is 15.8 Å². The molecule has 0 aliphatic rings. The first-order chi connectivity index (χ1) is 7.76. The minimum Gasteiger partial charge on any atom is -0.384 e. The van der Waals surface area contributed by atoms with Crippen LogP contribution in [0.3, 0.4) is 0 Å². The van der Waals surface area contributed by atoms with Gasteiger partial charge in [-0.25, -0.2) is 9.97 Å². The van der Waals surface area contributed by atoms with Gasteiger partial charge in [-0.15, -0.1) is 0 Å². The van der Waals surface area contributed by atoms with Crippen molar-refractivity contribution in [3.05, 3.63) is 11.9 Å². The summed E-state index contributed by atoms with van der Waals surface area (Å²) < 4.78 is 5.25. The largest absolute Gasteiger partial charge is 0.384 e. The molecule has 5 heteroatoms. The van der Waals surface area contributed by atoms with E-state index in [-0.39, 0.29) is 0 Å². The summed E-state index contributed by atoms with van der Waals surface area (Å²) in [6.45, 7) is 6.05. The summed E-state index contributed by atoms with van der Waals surface area (Å²) in [5, 5.41) is 3.22. The Kier molecular flexibility index (Phi) is 5.56. The Hall–Kier alpha value is -1.36. The predicted molar refractivity (Wildman–Crippen MR) is 65.2 cm³/mol. The SMILES string of the molecule is CCCCNc1cc(N)nc(COCC)n1. The van der Waals surface area contributed by atoms with E-state index in [9.17, 15) is 0 Å². The Labute approximate surface area is 96.4 Å². The number of rotatable bonds is 7. The summed E-state index contributed by atoms with van der Waals surface area (Å²) in [7, 11) is 0. The first-order valence-electron chi connectivity index (χ1n) is 5.71. The monoisotopic (exact) mass is 224 g/mol. The van der Waals surface area contributed by atoms with Gasteiger partial charge in [0.15, 0.2) is 5.82 Å². The summed E-state index contributed by atoms with van der Waals surface area (Å²) in [5.74, 6) is 1.88. The van der Waals surface area contributed by atoms with Gasteiger partial charge in [-0.3, -0.25) is 0 Å². The number of anilines is 2. The van der Waals surface area contributed by atoms with Crippen LogP contribution in [0.5, 0.6) is 0 Å². The lowest BCUT2D eigenvalue weighted by Gasteiger charge is -2.07. The third-order valence-electron chi connectivity index (χ3n) is 2.06. The quantitative estimate of drug-likeness (QED) is 0.691. The molecule has 16 heavy (non-hydrogen) atoms. The van der Waals surface area contributed by atoms with Crippen molar-refractivity contribution in [2.75, 3.05) is 24.2 Å². The zero-order valence-electron chi connectivity index (χ0n) is 9.99. The summed E-state index contributed by atoms with van der Waals surface area (Å²) in [6.07, 6.45) is 2.27. The average Bonchev–Trinajstić information content (AvgIpc) is 2.26. The Morgan fingerprint density at radius 3 is 2.88 bits per heavy atom. The molecule has 3 N–H and O–H groups in total. The molecule has 0 aromatic carbocycles. The summed E-state index contributed by atoms with van der Waals surface area (Å²) in [6, 6.07) is 1.74. The molecule has 1 heterocycles. The molecule has 1 rings (SSSR count). The van der Waals surface area contributed by atoms with E-state index in [1.54, 1.807) is 6.07 Å². The van der Waals surface area contributed by atoms with E-state index in [0.717, 1.165) is 25.2 Å². The molecule has 0 amide bonds. The van der Waals surface area contributed by atoms with Crippen molar-refractivity contribution in [2.24, 2.45) is 0 Å². The number of ether oxygens (including phenoxy) is 1. The van der Waals surface area contributed by atoms with Gasteiger partial charge in [-0.05, 0) is 13.3 Å². The molecule has 5 nitrogen and oxygen atoms in total. The minimum atomic E-state index is 0.407. The van der Waals surface area contributed by atoms with Crippen LogP contribution in [0.1, 0.15) is 32.5 Å². The lowest BCUT2D eigenvalue weighted by atomic mass is 10.3. The minimum absolute atomic E-state index is 0.407. The van der Waals surface area contributed by atoms with Gasteiger partial charge in [0.1, 0.15) is 18.2 Å².